The van der Waals surface area contributed by atoms with Crippen LogP contribution in [0.15, 0.2) is 29.8 Å². The van der Waals surface area contributed by atoms with E-state index in [1.54, 1.807) is 11.3 Å². The lowest BCUT2D eigenvalue weighted by atomic mass is 9.85. The van der Waals surface area contributed by atoms with Crippen LogP contribution >= 0.6 is 11.3 Å². The van der Waals surface area contributed by atoms with Crippen LogP contribution in [0.1, 0.15) is 65.3 Å². The minimum absolute atomic E-state index is 0.0539. The van der Waals surface area contributed by atoms with E-state index in [1.165, 1.54) is 11.8 Å². The van der Waals surface area contributed by atoms with Gasteiger partial charge in [-0.25, -0.2) is 4.98 Å². The zero-order valence-electron chi connectivity index (χ0n) is 22.2. The predicted molar refractivity (Wildman–Crippen MR) is 141 cm³/mol. The van der Waals surface area contributed by atoms with Crippen LogP contribution in [0.5, 0.6) is 0 Å². The molecule has 9 heteroatoms. The number of hydrogen-bond acceptors (Lipinski definition) is 6. The van der Waals surface area contributed by atoms with Gasteiger partial charge in [-0.05, 0) is 29.4 Å². The molecule has 0 saturated carbocycles. The van der Waals surface area contributed by atoms with Crippen molar-refractivity contribution in [2.45, 2.75) is 79.1 Å². The summed E-state index contributed by atoms with van der Waals surface area (Å²) in [4.78, 5) is 45.6. The Hall–Kier alpha value is -2.78. The van der Waals surface area contributed by atoms with Gasteiger partial charge in [0.25, 0.3) is 0 Å². The molecule has 2 heterocycles. The van der Waals surface area contributed by atoms with Crippen LogP contribution in [-0.2, 0) is 14.4 Å². The van der Waals surface area contributed by atoms with Gasteiger partial charge in [0.2, 0.25) is 17.7 Å². The normalized spacial score (nSPS) is 19.8. The highest BCUT2D eigenvalue weighted by atomic mass is 32.1. The van der Waals surface area contributed by atoms with Crippen LogP contribution in [0.3, 0.4) is 0 Å². The van der Waals surface area contributed by atoms with Gasteiger partial charge in [0.1, 0.15) is 12.1 Å². The Morgan fingerprint density at radius 2 is 1.78 bits per heavy atom. The summed E-state index contributed by atoms with van der Waals surface area (Å²) >= 11 is 1.59. The third-order valence-electron chi connectivity index (χ3n) is 6.57. The van der Waals surface area contributed by atoms with E-state index in [0.29, 0.717) is 0 Å². The lowest BCUT2D eigenvalue weighted by Gasteiger charge is -2.35. The van der Waals surface area contributed by atoms with Crippen molar-refractivity contribution in [1.29, 1.82) is 0 Å². The van der Waals surface area contributed by atoms with Gasteiger partial charge in [-0.15, -0.1) is 11.3 Å². The maximum Gasteiger partial charge on any atom is 0.246 e. The van der Waals surface area contributed by atoms with E-state index in [0.717, 1.165) is 21.7 Å². The number of nitrogens with zero attached hydrogens (tertiary/aromatic N) is 2. The number of aliphatic hydroxyl groups excluding tert-OH is 1. The number of thiazole rings is 1. The first-order valence-electron chi connectivity index (χ1n) is 12.4. The highest BCUT2D eigenvalue weighted by Crippen LogP contribution is 2.31. The summed E-state index contributed by atoms with van der Waals surface area (Å²) in [5.41, 5.74) is 4.30. The molecule has 3 amide bonds. The monoisotopic (exact) mass is 514 g/mol. The molecule has 36 heavy (non-hydrogen) atoms. The Kier molecular flexibility index (Phi) is 8.56. The van der Waals surface area contributed by atoms with E-state index in [1.807, 2.05) is 71.3 Å². The van der Waals surface area contributed by atoms with E-state index in [4.69, 9.17) is 0 Å². The van der Waals surface area contributed by atoms with Crippen LogP contribution in [0.25, 0.3) is 10.4 Å². The second-order valence-electron chi connectivity index (χ2n) is 11.0. The van der Waals surface area contributed by atoms with Crippen molar-refractivity contribution in [2.75, 3.05) is 6.54 Å². The summed E-state index contributed by atoms with van der Waals surface area (Å²) in [6.45, 7) is 13.0. The lowest BCUT2D eigenvalue weighted by Crippen LogP contribution is -2.57. The van der Waals surface area contributed by atoms with E-state index in [-0.39, 0.29) is 42.6 Å². The highest BCUT2D eigenvalue weighted by Gasteiger charge is 2.44. The minimum atomic E-state index is -0.813. The van der Waals surface area contributed by atoms with Crippen molar-refractivity contribution >= 4 is 29.1 Å². The molecule has 3 rings (SSSR count). The molecule has 1 aromatic carbocycles. The van der Waals surface area contributed by atoms with Gasteiger partial charge in [0.15, 0.2) is 0 Å². The van der Waals surface area contributed by atoms with Gasteiger partial charge >= 0.3 is 0 Å². The molecule has 1 aromatic heterocycles. The first-order valence-corrected chi connectivity index (χ1v) is 13.2. The average Bonchev–Trinajstić information content (AvgIpc) is 3.40. The topological polar surface area (TPSA) is 112 Å². The van der Waals surface area contributed by atoms with Crippen molar-refractivity contribution < 1.29 is 19.5 Å². The maximum absolute atomic E-state index is 13.5. The molecule has 2 aromatic rings. The summed E-state index contributed by atoms with van der Waals surface area (Å²) in [7, 11) is 0. The van der Waals surface area contributed by atoms with Crippen molar-refractivity contribution in [3.63, 3.8) is 0 Å². The van der Waals surface area contributed by atoms with Gasteiger partial charge in [0, 0.05) is 19.9 Å². The molecule has 0 radical (unpaired) electrons. The summed E-state index contributed by atoms with van der Waals surface area (Å²) < 4.78 is 0. The number of carbonyl (C=O) groups is 3. The number of aliphatic hydroxyl groups is 1. The number of likely N-dealkylation sites (tertiary alicyclic amines) is 1. The Labute approximate surface area is 217 Å². The van der Waals surface area contributed by atoms with Crippen molar-refractivity contribution in [1.82, 2.24) is 20.5 Å². The fourth-order valence-electron chi connectivity index (χ4n) is 4.63. The van der Waals surface area contributed by atoms with Crippen LogP contribution in [0, 0.1) is 18.3 Å². The number of hydrogen-bond donors (Lipinski definition) is 3. The zero-order chi connectivity index (χ0) is 26.8. The number of carbonyl (C=O) groups excluding carboxylic acids is 3. The summed E-state index contributed by atoms with van der Waals surface area (Å²) in [6.07, 6.45) is -0.648. The summed E-state index contributed by atoms with van der Waals surface area (Å²) in [6, 6.07) is 6.21. The predicted octanol–water partition coefficient (Wildman–Crippen LogP) is 3.44. The quantitative estimate of drug-likeness (QED) is 0.524. The lowest BCUT2D eigenvalue weighted by molar-refractivity contribution is -0.144. The number of aromatic nitrogens is 1. The van der Waals surface area contributed by atoms with Crippen molar-refractivity contribution in [3.05, 3.63) is 41.0 Å². The maximum atomic E-state index is 13.5. The molecule has 0 aliphatic carbocycles. The largest absolute Gasteiger partial charge is 0.391 e. The molecule has 0 spiro atoms. The van der Waals surface area contributed by atoms with Gasteiger partial charge in [-0.2, -0.15) is 0 Å². The fourth-order valence-corrected chi connectivity index (χ4v) is 5.44. The fraction of sp³-hybridized carbons (Fsp3) is 0.556. The van der Waals surface area contributed by atoms with Crippen molar-refractivity contribution in [3.8, 4) is 10.4 Å². The molecule has 1 aliphatic rings. The molecule has 4 atom stereocenters. The SMILES string of the molecule is CC(=O)N[C@H](C(=O)N1C[C@H](O)C[C@H]1C(=O)N[C@H](c1ccc(-c2scnc2C)cc1)C(C)C)C(C)(C)C. The third-order valence-corrected chi connectivity index (χ3v) is 7.54. The van der Waals surface area contributed by atoms with E-state index in [9.17, 15) is 19.5 Å². The molecule has 0 bridgehead atoms. The molecular weight excluding hydrogens is 476 g/mol. The first kappa shape index (κ1) is 27.8. The smallest absolute Gasteiger partial charge is 0.246 e. The summed E-state index contributed by atoms with van der Waals surface area (Å²) in [5.74, 6) is -0.890. The van der Waals surface area contributed by atoms with Crippen LogP contribution in [0.2, 0.25) is 0 Å². The third kappa shape index (κ3) is 6.31. The van der Waals surface area contributed by atoms with E-state index < -0.39 is 23.6 Å². The zero-order valence-corrected chi connectivity index (χ0v) is 23.0. The van der Waals surface area contributed by atoms with E-state index in [2.05, 4.69) is 15.6 Å². The Morgan fingerprint density at radius 3 is 2.28 bits per heavy atom. The molecule has 0 unspecified atom stereocenters. The molecule has 1 aliphatic heterocycles. The number of nitrogens with one attached hydrogen (secondary N) is 2. The Morgan fingerprint density at radius 1 is 1.14 bits per heavy atom. The van der Waals surface area contributed by atoms with Crippen molar-refractivity contribution in [2.24, 2.45) is 11.3 Å². The van der Waals surface area contributed by atoms with E-state index >= 15 is 0 Å². The molecule has 1 fully saturated rings. The van der Waals surface area contributed by atoms with Gasteiger partial charge in [-0.3, -0.25) is 14.4 Å². The number of β-amino-alcohol motifs (C(OH)–C–C–N with tert-alkyl or cyclic N) is 1. The van der Waals surface area contributed by atoms with Crippen LogP contribution in [0.4, 0.5) is 0 Å². The van der Waals surface area contributed by atoms with Gasteiger partial charge < -0.3 is 20.6 Å². The number of rotatable bonds is 7. The second-order valence-corrected chi connectivity index (χ2v) is 11.9. The average molecular weight is 515 g/mol. The van der Waals surface area contributed by atoms with Gasteiger partial charge in [0.05, 0.1) is 28.2 Å². The highest BCUT2D eigenvalue weighted by molar-refractivity contribution is 7.13. The Bertz CT molecular complexity index is 1090. The standard InChI is InChI=1S/C27H38N4O4S/c1-15(2)22(18-8-10-19(11-9-18)23-16(3)28-14-36-23)30-25(34)21-12-20(33)13-31(21)26(35)24(27(5,6)7)29-17(4)32/h8-11,14-15,20-22,24,33H,12-13H2,1-7H3,(H,29,32)(H,30,34)/t20-,21+,22+,24-/m1/s1. The molecule has 196 valence electrons. The second kappa shape index (κ2) is 11.1. The number of amides is 3. The summed E-state index contributed by atoms with van der Waals surface area (Å²) in [5, 5.41) is 16.2. The van der Waals surface area contributed by atoms with Crippen LogP contribution < -0.4 is 10.6 Å². The first-order chi connectivity index (χ1) is 16.8. The molecule has 1 saturated heterocycles. The number of aryl methyl sites for hydroxylation is 1. The Balaban J connectivity index is 1.81. The number of benzene rings is 1. The van der Waals surface area contributed by atoms with Gasteiger partial charge in [-0.1, -0.05) is 58.9 Å². The molecular formula is C27H38N4O4S. The molecule has 3 N–H and O–H groups in total. The minimum Gasteiger partial charge on any atom is -0.391 e. The molecule has 8 nitrogen and oxygen atoms in total. The van der Waals surface area contributed by atoms with Crippen LogP contribution in [-0.4, -0.2) is 57.4 Å².